The molecule has 0 fully saturated rings. The molecule has 0 aliphatic rings. The molecule has 0 spiro atoms. The van der Waals surface area contributed by atoms with Gasteiger partial charge in [0.05, 0.1) is 0 Å². The zero-order valence-corrected chi connectivity index (χ0v) is 21.0. The zero-order chi connectivity index (χ0) is 25.4. The van der Waals surface area contributed by atoms with Gasteiger partial charge in [-0.2, -0.15) is 0 Å². The number of carbonyl (C=O) groups is 1. The maximum atomic E-state index is 13.7. The van der Waals surface area contributed by atoms with E-state index in [1.807, 2.05) is 34.6 Å². The fraction of sp³-hybridized carbons (Fsp3) is 0.440. The molecule has 0 saturated heterocycles. The predicted molar refractivity (Wildman–Crippen MR) is 127 cm³/mol. The number of carboxylic acids is 1. The van der Waals surface area contributed by atoms with Crippen molar-refractivity contribution in [2.75, 3.05) is 7.11 Å². The van der Waals surface area contributed by atoms with Crippen molar-refractivity contribution in [3.05, 3.63) is 53.1 Å². The molecule has 1 aromatic heterocycles. The van der Waals surface area contributed by atoms with Crippen molar-refractivity contribution in [1.82, 2.24) is 4.98 Å². The van der Waals surface area contributed by atoms with Crippen molar-refractivity contribution in [3.63, 3.8) is 0 Å². The first kappa shape index (κ1) is 26.7. The maximum absolute atomic E-state index is 13.7. The Hall–Kier alpha value is -2.52. The molecule has 0 aliphatic heterocycles. The Morgan fingerprint density at radius 2 is 1.76 bits per heavy atom. The summed E-state index contributed by atoms with van der Waals surface area (Å²) in [5, 5.41) is 19.4. The van der Waals surface area contributed by atoms with Gasteiger partial charge in [-0.25, -0.2) is 9.18 Å². The molecule has 0 bridgehead atoms. The number of aliphatic hydroxyl groups is 1. The average molecular weight is 475 g/mol. The number of hydrogen-bond acceptors (Lipinski definition) is 5. The summed E-state index contributed by atoms with van der Waals surface area (Å²) in [4.78, 5) is 17.2. The Kier molecular flexibility index (Phi) is 7.60. The van der Waals surface area contributed by atoms with E-state index in [2.05, 4.69) is 5.92 Å². The summed E-state index contributed by atoms with van der Waals surface area (Å²) in [5.74, 6) is -0.290. The van der Waals surface area contributed by atoms with Crippen molar-refractivity contribution >= 4 is 14.0 Å². The number of halogens is 1. The highest BCUT2D eigenvalue weighted by Gasteiger charge is 2.60. The lowest BCUT2D eigenvalue weighted by atomic mass is 9.75. The second-order valence-corrected chi connectivity index (χ2v) is 11.2. The quantitative estimate of drug-likeness (QED) is 0.428. The van der Waals surface area contributed by atoms with E-state index in [4.69, 9.17) is 15.9 Å². The summed E-state index contributed by atoms with van der Waals surface area (Å²) in [6.07, 6.45) is 5.63. The number of aliphatic carboxylic acids is 1. The molecule has 2 rings (SSSR count). The SMILES string of the molecule is C#CC(C(=O)O)([PH](=O)OC)C(C)(O)c1c(-c2ccc(F)cc2)cc(C(C)(C)C)nc1C(C)C. The monoisotopic (exact) mass is 475 g/mol. The maximum Gasteiger partial charge on any atom is 0.335 e. The summed E-state index contributed by atoms with van der Waals surface area (Å²) >= 11 is 0. The van der Waals surface area contributed by atoms with Crippen LogP contribution in [0.2, 0.25) is 0 Å². The predicted octanol–water partition coefficient (Wildman–Crippen LogP) is 5.09. The van der Waals surface area contributed by atoms with Crippen LogP contribution in [0.25, 0.3) is 11.1 Å². The topological polar surface area (TPSA) is 96.7 Å². The van der Waals surface area contributed by atoms with Crippen LogP contribution in [-0.4, -0.2) is 33.4 Å². The number of nitrogens with zero attached hydrogens (tertiary/aromatic N) is 1. The standard InChI is InChI=1S/C25H31FNO5P/c1-9-25(22(28)29,33(31)32-8)24(7,30)20-18(16-10-12-17(26)13-11-16)14-19(23(4,5)6)27-21(20)15(2)3/h1,10-15,30,33H,2-8H3,(H,28,29). The Labute approximate surface area is 195 Å². The van der Waals surface area contributed by atoms with E-state index < -0.39 is 36.0 Å². The summed E-state index contributed by atoms with van der Waals surface area (Å²) in [6, 6.07) is 7.32. The first-order valence-electron chi connectivity index (χ1n) is 10.5. The van der Waals surface area contributed by atoms with Crippen molar-refractivity contribution < 1.29 is 28.5 Å². The second-order valence-electron chi connectivity index (χ2n) is 9.49. The first-order chi connectivity index (χ1) is 15.1. The van der Waals surface area contributed by atoms with Crippen LogP contribution in [0.4, 0.5) is 4.39 Å². The van der Waals surface area contributed by atoms with Crippen molar-refractivity contribution in [2.24, 2.45) is 0 Å². The number of carboxylic acid groups (broad SMARTS) is 1. The minimum atomic E-state index is -3.49. The summed E-state index contributed by atoms with van der Waals surface area (Å²) in [6.45, 7) is 10.8. The molecule has 3 unspecified atom stereocenters. The lowest BCUT2D eigenvalue weighted by Crippen LogP contribution is -2.53. The molecule has 0 aliphatic carbocycles. The van der Waals surface area contributed by atoms with Gasteiger partial charge in [0.2, 0.25) is 13.2 Å². The Balaban J connectivity index is 3.13. The second kappa shape index (κ2) is 9.38. The third kappa shape index (κ3) is 4.61. The summed E-state index contributed by atoms with van der Waals surface area (Å²) in [5.41, 5.74) is -0.589. The Morgan fingerprint density at radius 1 is 1.21 bits per heavy atom. The molecule has 0 amide bonds. The van der Waals surface area contributed by atoms with Gasteiger partial charge in [-0.15, -0.1) is 6.42 Å². The van der Waals surface area contributed by atoms with E-state index in [1.54, 1.807) is 6.07 Å². The molecule has 0 saturated carbocycles. The van der Waals surface area contributed by atoms with Gasteiger partial charge in [0.25, 0.3) is 0 Å². The van der Waals surface area contributed by atoms with E-state index >= 15 is 0 Å². The van der Waals surface area contributed by atoms with Crippen LogP contribution in [0.15, 0.2) is 30.3 Å². The number of pyridine rings is 1. The highest BCUT2D eigenvalue weighted by Crippen LogP contribution is 2.54. The first-order valence-corrected chi connectivity index (χ1v) is 11.8. The summed E-state index contributed by atoms with van der Waals surface area (Å²) < 4.78 is 31.5. The molecule has 0 radical (unpaired) electrons. The molecular weight excluding hydrogens is 444 g/mol. The smallest absolute Gasteiger partial charge is 0.335 e. The zero-order valence-electron chi connectivity index (χ0n) is 20.0. The molecule has 1 aromatic carbocycles. The molecule has 1 heterocycles. The minimum Gasteiger partial charge on any atom is -0.480 e. The van der Waals surface area contributed by atoms with Gasteiger partial charge in [0.1, 0.15) is 11.4 Å². The van der Waals surface area contributed by atoms with Crippen LogP contribution in [0.5, 0.6) is 0 Å². The molecule has 6 nitrogen and oxygen atoms in total. The third-order valence-electron chi connectivity index (χ3n) is 5.76. The van der Waals surface area contributed by atoms with Gasteiger partial charge in [-0.1, -0.05) is 52.7 Å². The van der Waals surface area contributed by atoms with Gasteiger partial charge < -0.3 is 14.7 Å². The van der Waals surface area contributed by atoms with Crippen LogP contribution >= 0.6 is 8.03 Å². The third-order valence-corrected chi connectivity index (χ3v) is 7.59. The van der Waals surface area contributed by atoms with Crippen LogP contribution < -0.4 is 0 Å². The average Bonchev–Trinajstić information content (AvgIpc) is 2.72. The van der Waals surface area contributed by atoms with Gasteiger partial charge >= 0.3 is 5.97 Å². The van der Waals surface area contributed by atoms with Crippen LogP contribution in [0.1, 0.15) is 64.4 Å². The summed E-state index contributed by atoms with van der Waals surface area (Å²) in [7, 11) is -2.41. The van der Waals surface area contributed by atoms with Crippen LogP contribution in [-0.2, 0) is 24.9 Å². The number of terminal acetylenes is 1. The van der Waals surface area contributed by atoms with E-state index in [0.717, 1.165) is 7.11 Å². The fourth-order valence-corrected chi connectivity index (χ4v) is 4.95. The van der Waals surface area contributed by atoms with Gasteiger partial charge in [0.15, 0.2) is 0 Å². The Morgan fingerprint density at radius 3 is 2.15 bits per heavy atom. The minimum absolute atomic E-state index is 0.118. The van der Waals surface area contributed by atoms with Gasteiger partial charge in [-0.3, -0.25) is 9.55 Å². The highest BCUT2D eigenvalue weighted by atomic mass is 31.1. The van der Waals surface area contributed by atoms with E-state index in [1.165, 1.54) is 31.2 Å². The van der Waals surface area contributed by atoms with Gasteiger partial charge in [0, 0.05) is 29.5 Å². The largest absolute Gasteiger partial charge is 0.480 e. The van der Waals surface area contributed by atoms with E-state index in [9.17, 15) is 24.0 Å². The lowest BCUT2D eigenvalue weighted by molar-refractivity contribution is -0.145. The molecular formula is C25H31FNO5P. The van der Waals surface area contributed by atoms with Crippen LogP contribution in [0, 0.1) is 18.2 Å². The fourth-order valence-electron chi connectivity index (χ4n) is 3.83. The number of benzene rings is 1. The van der Waals surface area contributed by atoms with Crippen molar-refractivity contribution in [2.45, 2.75) is 63.6 Å². The molecule has 33 heavy (non-hydrogen) atoms. The highest BCUT2D eigenvalue weighted by molar-refractivity contribution is 7.43. The van der Waals surface area contributed by atoms with Gasteiger partial charge in [-0.05, 0) is 42.2 Å². The normalized spacial score (nSPS) is 16.5. The number of aromatic nitrogens is 1. The lowest BCUT2D eigenvalue weighted by Gasteiger charge is -2.40. The number of hydrogen-bond donors (Lipinski definition) is 2. The van der Waals surface area contributed by atoms with Crippen molar-refractivity contribution in [3.8, 4) is 23.5 Å². The molecule has 8 heteroatoms. The van der Waals surface area contributed by atoms with E-state index in [0.29, 0.717) is 22.5 Å². The molecule has 3 atom stereocenters. The Bertz CT molecular complexity index is 1110. The molecule has 178 valence electrons. The van der Waals surface area contributed by atoms with Crippen molar-refractivity contribution in [1.29, 1.82) is 0 Å². The van der Waals surface area contributed by atoms with E-state index in [-0.39, 0.29) is 11.5 Å². The molecule has 2 aromatic rings. The number of rotatable bonds is 7. The van der Waals surface area contributed by atoms with Crippen LogP contribution in [0.3, 0.4) is 0 Å². The molecule has 2 N–H and O–H groups in total.